The van der Waals surface area contributed by atoms with Crippen LogP contribution in [0.3, 0.4) is 0 Å². The molecule has 2 heterocycles. The second kappa shape index (κ2) is 4.72. The van der Waals surface area contributed by atoms with Gasteiger partial charge in [-0.1, -0.05) is 0 Å². The van der Waals surface area contributed by atoms with Gasteiger partial charge < -0.3 is 10.2 Å². The molecule has 15 heavy (non-hydrogen) atoms. The van der Waals surface area contributed by atoms with Crippen molar-refractivity contribution in [1.29, 1.82) is 0 Å². The highest BCUT2D eigenvalue weighted by Gasteiger charge is 2.21. The number of nitrogens with one attached hydrogen (secondary N) is 1. The Balaban J connectivity index is 1.81. The fourth-order valence-electron chi connectivity index (χ4n) is 1.87. The second-order valence-corrected chi connectivity index (χ2v) is 4.54. The zero-order chi connectivity index (χ0) is 10.7. The first-order valence-electron chi connectivity index (χ1n) is 5.16. The van der Waals surface area contributed by atoms with Crippen LogP contribution in [0.4, 0.5) is 0 Å². The van der Waals surface area contributed by atoms with Gasteiger partial charge in [0.2, 0.25) is 0 Å². The first-order chi connectivity index (χ1) is 7.27. The molecule has 0 aliphatic carbocycles. The third-order valence-corrected chi connectivity index (χ3v) is 3.40. The van der Waals surface area contributed by atoms with E-state index >= 15 is 0 Å². The van der Waals surface area contributed by atoms with Gasteiger partial charge in [0.25, 0.3) is 5.91 Å². The Kier molecular flexibility index (Phi) is 3.33. The van der Waals surface area contributed by atoms with Crippen LogP contribution in [0, 0.1) is 0 Å². The van der Waals surface area contributed by atoms with Crippen molar-refractivity contribution in [1.82, 2.24) is 14.6 Å². The van der Waals surface area contributed by atoms with Gasteiger partial charge in [-0.15, -0.1) is 0 Å². The van der Waals surface area contributed by atoms with E-state index in [0.717, 1.165) is 13.1 Å². The van der Waals surface area contributed by atoms with Crippen LogP contribution in [0.5, 0.6) is 0 Å². The van der Waals surface area contributed by atoms with Crippen LogP contribution in [0.2, 0.25) is 0 Å². The van der Waals surface area contributed by atoms with E-state index in [1.54, 1.807) is 6.07 Å². The molecule has 2 rings (SSSR count). The number of hydrogen-bond donors (Lipinski definition) is 1. The molecule has 4 nitrogen and oxygen atoms in total. The van der Waals surface area contributed by atoms with Gasteiger partial charge in [-0.3, -0.25) is 4.79 Å². The summed E-state index contributed by atoms with van der Waals surface area (Å²) in [5, 5.41) is 4.74. The molecule has 0 saturated carbocycles. The first-order valence-corrected chi connectivity index (χ1v) is 6.00. The monoisotopic (exact) mass is 225 g/mol. The van der Waals surface area contributed by atoms with Crippen LogP contribution >= 0.6 is 11.5 Å². The predicted octanol–water partition coefficient (Wildman–Crippen LogP) is 0.967. The number of carbonyl (C=O) groups is 1. The molecule has 1 unspecified atom stereocenters. The number of rotatable bonds is 3. The van der Waals surface area contributed by atoms with Crippen molar-refractivity contribution >= 4 is 17.4 Å². The Hall–Kier alpha value is -0.940. The maximum absolute atomic E-state index is 11.6. The summed E-state index contributed by atoms with van der Waals surface area (Å²) in [5.41, 5.74) is 0.528. The van der Waals surface area contributed by atoms with Crippen LogP contribution in [0.25, 0.3) is 0 Å². The number of likely N-dealkylation sites (N-methyl/N-ethyl adjacent to an activating group) is 1. The smallest absolute Gasteiger partial charge is 0.271 e. The number of amides is 1. The fraction of sp³-hybridized carbons (Fsp3) is 0.600. The van der Waals surface area contributed by atoms with Crippen molar-refractivity contribution in [3.63, 3.8) is 0 Å². The zero-order valence-electron chi connectivity index (χ0n) is 8.77. The molecule has 0 aromatic carbocycles. The Bertz CT molecular complexity index is 325. The maximum atomic E-state index is 11.6. The topological polar surface area (TPSA) is 45.2 Å². The molecule has 5 heteroatoms. The number of carbonyl (C=O) groups excluding carboxylic acids is 1. The minimum atomic E-state index is -0.0587. The Morgan fingerprint density at radius 1 is 1.80 bits per heavy atom. The molecule has 1 aliphatic heterocycles. The van der Waals surface area contributed by atoms with Crippen LogP contribution in [-0.2, 0) is 0 Å². The zero-order valence-corrected chi connectivity index (χ0v) is 9.59. The Morgan fingerprint density at radius 2 is 2.67 bits per heavy atom. The van der Waals surface area contributed by atoms with E-state index in [1.807, 2.05) is 5.38 Å². The third kappa shape index (κ3) is 2.54. The summed E-state index contributed by atoms with van der Waals surface area (Å²) in [6.07, 6.45) is 2.40. The molecule has 1 saturated heterocycles. The minimum Gasteiger partial charge on any atom is -0.349 e. The van der Waals surface area contributed by atoms with Crippen molar-refractivity contribution in [3.8, 4) is 0 Å². The lowest BCUT2D eigenvalue weighted by Gasteiger charge is -2.19. The molecule has 1 aromatic heterocycles. The molecule has 0 radical (unpaired) electrons. The minimum absolute atomic E-state index is 0.0587. The van der Waals surface area contributed by atoms with Crippen LogP contribution in [0.1, 0.15) is 23.3 Å². The van der Waals surface area contributed by atoms with Crippen molar-refractivity contribution in [3.05, 3.63) is 17.1 Å². The maximum Gasteiger partial charge on any atom is 0.271 e. The lowest BCUT2D eigenvalue weighted by molar-refractivity contribution is 0.0940. The van der Waals surface area contributed by atoms with E-state index in [0.29, 0.717) is 11.7 Å². The molecule has 1 amide bonds. The quantitative estimate of drug-likeness (QED) is 0.833. The summed E-state index contributed by atoms with van der Waals surface area (Å²) >= 11 is 1.31. The van der Waals surface area contributed by atoms with E-state index in [2.05, 4.69) is 21.6 Å². The van der Waals surface area contributed by atoms with Crippen LogP contribution < -0.4 is 5.32 Å². The average molecular weight is 225 g/mol. The second-order valence-electron chi connectivity index (χ2n) is 3.87. The van der Waals surface area contributed by atoms with Gasteiger partial charge in [0.1, 0.15) is 5.69 Å². The summed E-state index contributed by atoms with van der Waals surface area (Å²) < 4.78 is 4.00. The largest absolute Gasteiger partial charge is 0.349 e. The number of aromatic nitrogens is 1. The predicted molar refractivity (Wildman–Crippen MR) is 60.1 cm³/mol. The highest BCUT2D eigenvalue weighted by atomic mass is 32.1. The van der Waals surface area contributed by atoms with E-state index in [9.17, 15) is 4.79 Å². The van der Waals surface area contributed by atoms with Crippen molar-refractivity contribution < 1.29 is 4.79 Å². The lowest BCUT2D eigenvalue weighted by atomic mass is 10.2. The highest BCUT2D eigenvalue weighted by molar-refractivity contribution is 7.03. The average Bonchev–Trinajstić information content (AvgIpc) is 2.85. The SMILES string of the molecule is CN1CCCC1CNC(=O)c1ccsn1. The van der Waals surface area contributed by atoms with Gasteiger partial charge in [-0.25, -0.2) is 0 Å². The van der Waals surface area contributed by atoms with Crippen LogP contribution in [0.15, 0.2) is 11.4 Å². The van der Waals surface area contributed by atoms with Crippen molar-refractivity contribution in [2.24, 2.45) is 0 Å². The third-order valence-electron chi connectivity index (χ3n) is 2.84. The standard InChI is InChI=1S/C10H15N3OS/c1-13-5-2-3-8(13)7-11-10(14)9-4-6-15-12-9/h4,6,8H,2-3,5,7H2,1H3,(H,11,14). The van der Waals surface area contributed by atoms with Gasteiger partial charge in [0, 0.05) is 18.0 Å². The van der Waals surface area contributed by atoms with Crippen LogP contribution in [-0.4, -0.2) is 41.4 Å². The molecule has 1 aromatic rings. The summed E-state index contributed by atoms with van der Waals surface area (Å²) in [4.78, 5) is 13.9. The summed E-state index contributed by atoms with van der Waals surface area (Å²) in [6.45, 7) is 1.87. The van der Waals surface area contributed by atoms with Gasteiger partial charge >= 0.3 is 0 Å². The molecule has 0 bridgehead atoms. The molecule has 1 atom stereocenters. The van der Waals surface area contributed by atoms with Gasteiger partial charge in [-0.2, -0.15) is 4.37 Å². The number of hydrogen-bond acceptors (Lipinski definition) is 4. The van der Waals surface area contributed by atoms with E-state index in [-0.39, 0.29) is 5.91 Å². The van der Waals surface area contributed by atoms with Crippen molar-refractivity contribution in [2.45, 2.75) is 18.9 Å². The molecule has 82 valence electrons. The summed E-state index contributed by atoms with van der Waals surface area (Å²) in [6, 6.07) is 2.24. The van der Waals surface area contributed by atoms with Gasteiger partial charge in [0.15, 0.2) is 0 Å². The first kappa shape index (κ1) is 10.6. The normalized spacial score (nSPS) is 21.8. The van der Waals surface area contributed by atoms with E-state index in [4.69, 9.17) is 0 Å². The molecule has 1 N–H and O–H groups in total. The number of nitrogens with zero attached hydrogens (tertiary/aromatic N) is 2. The lowest BCUT2D eigenvalue weighted by Crippen LogP contribution is -2.38. The summed E-state index contributed by atoms with van der Waals surface area (Å²) in [5.74, 6) is -0.0587. The Morgan fingerprint density at radius 3 is 3.27 bits per heavy atom. The molecular formula is C10H15N3OS. The highest BCUT2D eigenvalue weighted by Crippen LogP contribution is 2.13. The molecule has 0 spiro atoms. The van der Waals surface area contributed by atoms with Gasteiger partial charge in [0.05, 0.1) is 0 Å². The number of likely N-dealkylation sites (tertiary alicyclic amines) is 1. The molecule has 1 aliphatic rings. The molecular weight excluding hydrogens is 210 g/mol. The molecule has 1 fully saturated rings. The van der Waals surface area contributed by atoms with E-state index < -0.39 is 0 Å². The Labute approximate surface area is 93.5 Å². The van der Waals surface area contributed by atoms with Crippen molar-refractivity contribution in [2.75, 3.05) is 20.1 Å². The van der Waals surface area contributed by atoms with E-state index in [1.165, 1.54) is 24.4 Å². The fourth-order valence-corrected chi connectivity index (χ4v) is 2.38. The summed E-state index contributed by atoms with van der Waals surface area (Å²) in [7, 11) is 2.10. The van der Waals surface area contributed by atoms with Gasteiger partial charge in [-0.05, 0) is 44.0 Å².